The van der Waals surface area contributed by atoms with Crippen LogP contribution in [0.25, 0.3) is 0 Å². The van der Waals surface area contributed by atoms with Crippen molar-refractivity contribution in [2.24, 2.45) is 0 Å². The van der Waals surface area contributed by atoms with Crippen LogP contribution in [-0.4, -0.2) is 30.4 Å². The maximum atomic E-state index is 11.9. The van der Waals surface area contributed by atoms with Gasteiger partial charge in [-0.1, -0.05) is 15.9 Å². The predicted octanol–water partition coefficient (Wildman–Crippen LogP) is 3.80. The van der Waals surface area contributed by atoms with Gasteiger partial charge in [-0.25, -0.2) is 9.78 Å². The van der Waals surface area contributed by atoms with Crippen molar-refractivity contribution >= 4 is 33.7 Å². The van der Waals surface area contributed by atoms with Crippen LogP contribution in [-0.2, 0) is 4.74 Å². The summed E-state index contributed by atoms with van der Waals surface area (Å²) in [5, 5.41) is 0.663. The molecule has 0 atom stereocenters. The number of ether oxygens (including phenoxy) is 2. The SMILES string of the molecule is CSc1ncccc1C(=O)OCCOc1ccc(Br)cc1. The van der Waals surface area contributed by atoms with Crippen molar-refractivity contribution in [3.8, 4) is 5.75 Å². The molecule has 110 valence electrons. The van der Waals surface area contributed by atoms with Crippen LogP contribution in [0.2, 0.25) is 0 Å². The van der Waals surface area contributed by atoms with Gasteiger partial charge in [0.15, 0.2) is 0 Å². The first kappa shape index (κ1) is 15.9. The summed E-state index contributed by atoms with van der Waals surface area (Å²) in [4.78, 5) is 16.1. The quantitative estimate of drug-likeness (QED) is 0.441. The van der Waals surface area contributed by atoms with Gasteiger partial charge in [-0.3, -0.25) is 0 Å². The summed E-state index contributed by atoms with van der Waals surface area (Å²) in [7, 11) is 0. The van der Waals surface area contributed by atoms with Crippen LogP contribution in [0.1, 0.15) is 10.4 Å². The average molecular weight is 368 g/mol. The van der Waals surface area contributed by atoms with Gasteiger partial charge in [0.05, 0.1) is 5.56 Å². The number of benzene rings is 1. The molecule has 0 N–H and O–H groups in total. The Morgan fingerprint density at radius 1 is 1.24 bits per heavy atom. The van der Waals surface area contributed by atoms with Crippen LogP contribution in [0.3, 0.4) is 0 Å². The minimum atomic E-state index is -0.383. The molecule has 0 aliphatic carbocycles. The zero-order chi connectivity index (χ0) is 15.1. The van der Waals surface area contributed by atoms with E-state index < -0.39 is 0 Å². The Labute approximate surface area is 136 Å². The molecule has 0 spiro atoms. The molecule has 0 saturated heterocycles. The predicted molar refractivity (Wildman–Crippen MR) is 85.9 cm³/mol. The molecule has 4 nitrogen and oxygen atoms in total. The van der Waals surface area contributed by atoms with E-state index in [2.05, 4.69) is 20.9 Å². The molecular weight excluding hydrogens is 354 g/mol. The molecule has 0 radical (unpaired) electrons. The van der Waals surface area contributed by atoms with E-state index in [1.54, 1.807) is 18.3 Å². The van der Waals surface area contributed by atoms with E-state index in [9.17, 15) is 4.79 Å². The first-order valence-corrected chi connectivity index (χ1v) is 8.27. The number of nitrogens with zero attached hydrogens (tertiary/aromatic N) is 1. The molecule has 1 aromatic heterocycles. The molecule has 0 amide bonds. The molecule has 0 fully saturated rings. The van der Waals surface area contributed by atoms with Crippen molar-refractivity contribution in [2.75, 3.05) is 19.5 Å². The molecule has 1 heterocycles. The number of thioether (sulfide) groups is 1. The van der Waals surface area contributed by atoms with Gasteiger partial charge >= 0.3 is 5.97 Å². The first-order valence-electron chi connectivity index (χ1n) is 6.25. The summed E-state index contributed by atoms with van der Waals surface area (Å²) < 4.78 is 11.7. The molecule has 0 unspecified atom stereocenters. The molecule has 0 aliphatic heterocycles. The fraction of sp³-hybridized carbons (Fsp3) is 0.200. The molecule has 0 bridgehead atoms. The fourth-order valence-electron chi connectivity index (χ4n) is 1.61. The van der Waals surface area contributed by atoms with Crippen molar-refractivity contribution in [3.05, 3.63) is 52.6 Å². The van der Waals surface area contributed by atoms with E-state index in [0.29, 0.717) is 17.2 Å². The van der Waals surface area contributed by atoms with Gasteiger partial charge < -0.3 is 9.47 Å². The van der Waals surface area contributed by atoms with Gasteiger partial charge in [-0.2, -0.15) is 0 Å². The standard InChI is InChI=1S/C15H14BrNO3S/c1-21-14-13(3-2-8-17-14)15(18)20-10-9-19-12-6-4-11(16)5-7-12/h2-8H,9-10H2,1H3. The number of pyridine rings is 1. The van der Waals surface area contributed by atoms with Gasteiger partial charge in [0, 0.05) is 10.7 Å². The van der Waals surface area contributed by atoms with Crippen molar-refractivity contribution in [1.29, 1.82) is 0 Å². The summed E-state index contributed by atoms with van der Waals surface area (Å²) in [6, 6.07) is 10.9. The Morgan fingerprint density at radius 2 is 2.00 bits per heavy atom. The van der Waals surface area contributed by atoms with E-state index in [0.717, 1.165) is 10.2 Å². The lowest BCUT2D eigenvalue weighted by Gasteiger charge is -2.08. The second kappa shape index (κ2) is 8.05. The number of rotatable bonds is 6. The van der Waals surface area contributed by atoms with Crippen LogP contribution >= 0.6 is 27.7 Å². The van der Waals surface area contributed by atoms with Gasteiger partial charge in [0.25, 0.3) is 0 Å². The van der Waals surface area contributed by atoms with Gasteiger partial charge in [0.2, 0.25) is 0 Å². The van der Waals surface area contributed by atoms with Crippen LogP contribution in [0, 0.1) is 0 Å². The Balaban J connectivity index is 1.80. The number of carbonyl (C=O) groups excluding carboxylic acids is 1. The van der Waals surface area contributed by atoms with Crippen molar-refractivity contribution in [1.82, 2.24) is 4.98 Å². The molecule has 6 heteroatoms. The Hall–Kier alpha value is -1.53. The third kappa shape index (κ3) is 4.75. The van der Waals surface area contributed by atoms with Crippen molar-refractivity contribution in [3.63, 3.8) is 0 Å². The van der Waals surface area contributed by atoms with E-state index in [4.69, 9.17) is 9.47 Å². The fourth-order valence-corrected chi connectivity index (χ4v) is 2.41. The molecular formula is C15H14BrNO3S. The monoisotopic (exact) mass is 367 g/mol. The van der Waals surface area contributed by atoms with E-state index >= 15 is 0 Å². The highest BCUT2D eigenvalue weighted by Crippen LogP contribution is 2.18. The lowest BCUT2D eigenvalue weighted by atomic mass is 10.3. The second-order valence-electron chi connectivity index (χ2n) is 4.00. The highest BCUT2D eigenvalue weighted by molar-refractivity contribution is 9.10. The Morgan fingerprint density at radius 3 is 2.71 bits per heavy atom. The molecule has 0 saturated carbocycles. The lowest BCUT2D eigenvalue weighted by molar-refractivity contribution is 0.0445. The summed E-state index contributed by atoms with van der Waals surface area (Å²) in [6.07, 6.45) is 3.52. The summed E-state index contributed by atoms with van der Waals surface area (Å²) in [5.74, 6) is 0.354. The third-order valence-corrected chi connectivity index (χ3v) is 3.82. The number of halogens is 1. The number of hydrogen-bond donors (Lipinski definition) is 0. The number of aromatic nitrogens is 1. The van der Waals surface area contributed by atoms with Crippen LogP contribution in [0.5, 0.6) is 5.75 Å². The van der Waals surface area contributed by atoms with Crippen molar-refractivity contribution in [2.45, 2.75) is 5.03 Å². The van der Waals surface area contributed by atoms with Gasteiger partial charge in [0.1, 0.15) is 24.0 Å². The minimum absolute atomic E-state index is 0.192. The zero-order valence-corrected chi connectivity index (χ0v) is 13.8. The summed E-state index contributed by atoms with van der Waals surface area (Å²) >= 11 is 4.77. The Kier molecular flexibility index (Phi) is 6.07. The van der Waals surface area contributed by atoms with Crippen molar-refractivity contribution < 1.29 is 14.3 Å². The smallest absolute Gasteiger partial charge is 0.341 e. The molecule has 2 aromatic rings. The number of carbonyl (C=O) groups is 1. The maximum absolute atomic E-state index is 11.9. The summed E-state index contributed by atoms with van der Waals surface area (Å²) in [5.41, 5.74) is 0.480. The molecule has 21 heavy (non-hydrogen) atoms. The Bertz CT molecular complexity index is 604. The second-order valence-corrected chi connectivity index (χ2v) is 5.71. The largest absolute Gasteiger partial charge is 0.490 e. The van der Waals surface area contributed by atoms with E-state index in [-0.39, 0.29) is 12.6 Å². The third-order valence-electron chi connectivity index (χ3n) is 2.58. The first-order chi connectivity index (χ1) is 10.2. The normalized spacial score (nSPS) is 10.2. The van der Waals surface area contributed by atoms with E-state index in [1.807, 2.05) is 30.5 Å². The lowest BCUT2D eigenvalue weighted by Crippen LogP contribution is -2.13. The highest BCUT2D eigenvalue weighted by Gasteiger charge is 2.12. The van der Waals surface area contributed by atoms with Crippen LogP contribution < -0.4 is 4.74 Å². The average Bonchev–Trinajstić information content (AvgIpc) is 2.53. The number of hydrogen-bond acceptors (Lipinski definition) is 5. The molecule has 1 aromatic carbocycles. The maximum Gasteiger partial charge on any atom is 0.341 e. The van der Waals surface area contributed by atoms with Gasteiger partial charge in [-0.05, 0) is 42.7 Å². The van der Waals surface area contributed by atoms with E-state index in [1.165, 1.54) is 11.8 Å². The van der Waals surface area contributed by atoms with Crippen LogP contribution in [0.4, 0.5) is 0 Å². The van der Waals surface area contributed by atoms with Gasteiger partial charge in [-0.15, -0.1) is 11.8 Å². The number of esters is 1. The minimum Gasteiger partial charge on any atom is -0.490 e. The van der Waals surface area contributed by atoms with Crippen LogP contribution in [0.15, 0.2) is 52.1 Å². The molecule has 0 aliphatic rings. The highest BCUT2D eigenvalue weighted by atomic mass is 79.9. The summed E-state index contributed by atoms with van der Waals surface area (Å²) in [6.45, 7) is 0.500. The topological polar surface area (TPSA) is 48.4 Å². The molecule has 2 rings (SSSR count). The zero-order valence-electron chi connectivity index (χ0n) is 11.4.